The number of aliphatic hydroxyl groups is 1. The fourth-order valence-corrected chi connectivity index (χ4v) is 1.90. The summed E-state index contributed by atoms with van der Waals surface area (Å²) in [5, 5.41) is 9.63. The monoisotopic (exact) mass is 260 g/mol. The van der Waals surface area contributed by atoms with Gasteiger partial charge in [-0.3, -0.25) is 0 Å². The third kappa shape index (κ3) is 3.32. The lowest BCUT2D eigenvalue weighted by Crippen LogP contribution is -2.02. The molecule has 0 fully saturated rings. The number of ether oxygens (including phenoxy) is 1. The topological polar surface area (TPSA) is 29.5 Å². The molecule has 0 unspecified atom stereocenters. The van der Waals surface area contributed by atoms with E-state index in [9.17, 15) is 9.50 Å². The lowest BCUT2D eigenvalue weighted by atomic mass is 10.1. The van der Waals surface area contributed by atoms with E-state index in [2.05, 4.69) is 0 Å². The van der Waals surface area contributed by atoms with Crippen molar-refractivity contribution < 1.29 is 14.2 Å². The first kappa shape index (κ1) is 13.6. The molecule has 0 radical (unpaired) electrons. The Hall–Kier alpha value is -1.87. The van der Waals surface area contributed by atoms with Crippen molar-refractivity contribution in [1.29, 1.82) is 0 Å². The molecule has 0 saturated heterocycles. The first-order valence-corrected chi connectivity index (χ1v) is 6.22. The van der Waals surface area contributed by atoms with Crippen molar-refractivity contribution in [3.63, 3.8) is 0 Å². The Morgan fingerprint density at radius 2 is 1.95 bits per heavy atom. The van der Waals surface area contributed by atoms with Crippen LogP contribution in [-0.4, -0.2) is 5.11 Å². The van der Waals surface area contributed by atoms with Crippen LogP contribution in [0.4, 0.5) is 4.39 Å². The maximum Gasteiger partial charge on any atom is 0.125 e. The molecule has 0 aromatic heterocycles. The Balaban J connectivity index is 2.18. The van der Waals surface area contributed by atoms with E-state index >= 15 is 0 Å². The van der Waals surface area contributed by atoms with Gasteiger partial charge in [-0.1, -0.05) is 24.3 Å². The first-order chi connectivity index (χ1) is 9.08. The summed E-state index contributed by atoms with van der Waals surface area (Å²) in [7, 11) is 0. The lowest BCUT2D eigenvalue weighted by Gasteiger charge is -2.14. The molecule has 0 saturated carbocycles. The average molecular weight is 260 g/mol. The third-order valence-electron chi connectivity index (χ3n) is 3.07. The number of rotatable bonds is 4. The fourth-order valence-electron chi connectivity index (χ4n) is 1.90. The molecule has 0 bridgehead atoms. The predicted octanol–water partition coefficient (Wildman–Crippen LogP) is 3.77. The van der Waals surface area contributed by atoms with Gasteiger partial charge in [0.1, 0.15) is 18.2 Å². The average Bonchev–Trinajstić information content (AvgIpc) is 2.38. The standard InChI is InChI=1S/C16H17FO2/c1-11-5-3-4-6-13(11)10-19-16-8-7-14(17)9-15(16)12(2)18/h3-9,12,18H,10H2,1-2H3/t12-/m0/s1. The van der Waals surface area contributed by atoms with Crippen LogP contribution in [-0.2, 0) is 6.61 Å². The number of benzene rings is 2. The molecule has 3 heteroatoms. The van der Waals surface area contributed by atoms with Crippen molar-refractivity contribution in [2.24, 2.45) is 0 Å². The molecule has 0 aliphatic carbocycles. The van der Waals surface area contributed by atoms with E-state index in [-0.39, 0.29) is 5.82 Å². The molecule has 2 nitrogen and oxygen atoms in total. The Labute approximate surface area is 112 Å². The van der Waals surface area contributed by atoms with E-state index < -0.39 is 6.10 Å². The molecule has 0 aliphatic heterocycles. The number of hydrogen-bond acceptors (Lipinski definition) is 2. The van der Waals surface area contributed by atoms with Crippen molar-refractivity contribution in [3.05, 3.63) is 65.0 Å². The van der Waals surface area contributed by atoms with Crippen molar-refractivity contribution in [2.45, 2.75) is 26.6 Å². The number of halogens is 1. The molecular weight excluding hydrogens is 243 g/mol. The summed E-state index contributed by atoms with van der Waals surface area (Å²) in [4.78, 5) is 0. The molecule has 0 aliphatic rings. The van der Waals surface area contributed by atoms with E-state index in [1.54, 1.807) is 13.0 Å². The van der Waals surface area contributed by atoms with Crippen LogP contribution in [0.25, 0.3) is 0 Å². The van der Waals surface area contributed by atoms with Gasteiger partial charge in [0.2, 0.25) is 0 Å². The van der Waals surface area contributed by atoms with Crippen LogP contribution in [0, 0.1) is 12.7 Å². The van der Waals surface area contributed by atoms with Gasteiger partial charge in [-0.05, 0) is 43.2 Å². The van der Waals surface area contributed by atoms with E-state index in [1.165, 1.54) is 12.1 Å². The van der Waals surface area contributed by atoms with Gasteiger partial charge in [-0.25, -0.2) is 4.39 Å². The Morgan fingerprint density at radius 3 is 2.63 bits per heavy atom. The summed E-state index contributed by atoms with van der Waals surface area (Å²) in [5.74, 6) is 0.138. The lowest BCUT2D eigenvalue weighted by molar-refractivity contribution is 0.189. The number of aryl methyl sites for hydroxylation is 1. The maximum atomic E-state index is 13.2. The molecule has 19 heavy (non-hydrogen) atoms. The summed E-state index contributed by atoms with van der Waals surface area (Å²) in [6.07, 6.45) is -0.762. The van der Waals surface area contributed by atoms with Crippen LogP contribution in [0.3, 0.4) is 0 Å². The van der Waals surface area contributed by atoms with E-state index in [4.69, 9.17) is 4.74 Å². The van der Waals surface area contributed by atoms with Gasteiger partial charge in [-0.15, -0.1) is 0 Å². The van der Waals surface area contributed by atoms with Crippen LogP contribution < -0.4 is 4.74 Å². The van der Waals surface area contributed by atoms with Crippen molar-refractivity contribution in [1.82, 2.24) is 0 Å². The van der Waals surface area contributed by atoms with Crippen LogP contribution in [0.1, 0.15) is 29.7 Å². The Morgan fingerprint density at radius 1 is 1.21 bits per heavy atom. The van der Waals surface area contributed by atoms with Crippen molar-refractivity contribution >= 4 is 0 Å². The Kier molecular flexibility index (Phi) is 4.17. The molecule has 100 valence electrons. The SMILES string of the molecule is Cc1ccccc1COc1ccc(F)cc1[C@H](C)O. The molecule has 1 atom stereocenters. The zero-order valence-corrected chi connectivity index (χ0v) is 11.1. The second-order valence-electron chi connectivity index (χ2n) is 4.57. The zero-order valence-electron chi connectivity index (χ0n) is 11.1. The highest BCUT2D eigenvalue weighted by atomic mass is 19.1. The summed E-state index contributed by atoms with van der Waals surface area (Å²) >= 11 is 0. The van der Waals surface area contributed by atoms with Gasteiger partial charge in [0.25, 0.3) is 0 Å². The predicted molar refractivity (Wildman–Crippen MR) is 72.5 cm³/mol. The normalized spacial score (nSPS) is 12.2. The summed E-state index contributed by atoms with van der Waals surface area (Å²) in [5.41, 5.74) is 2.68. The molecule has 2 aromatic carbocycles. The van der Waals surface area contributed by atoms with E-state index in [0.29, 0.717) is 17.9 Å². The third-order valence-corrected chi connectivity index (χ3v) is 3.07. The number of hydrogen-bond donors (Lipinski definition) is 1. The van der Waals surface area contributed by atoms with Crippen LogP contribution in [0.2, 0.25) is 0 Å². The van der Waals surface area contributed by atoms with Gasteiger partial charge in [-0.2, -0.15) is 0 Å². The van der Waals surface area contributed by atoms with E-state index in [0.717, 1.165) is 11.1 Å². The zero-order chi connectivity index (χ0) is 13.8. The smallest absolute Gasteiger partial charge is 0.125 e. The summed E-state index contributed by atoms with van der Waals surface area (Å²) < 4.78 is 18.9. The molecule has 0 heterocycles. The molecule has 2 rings (SSSR count). The van der Waals surface area contributed by atoms with Crippen molar-refractivity contribution in [3.8, 4) is 5.75 Å². The molecule has 2 aromatic rings. The molecule has 1 N–H and O–H groups in total. The second kappa shape index (κ2) is 5.85. The highest BCUT2D eigenvalue weighted by molar-refractivity contribution is 5.36. The quantitative estimate of drug-likeness (QED) is 0.906. The number of aliphatic hydroxyl groups excluding tert-OH is 1. The van der Waals surface area contributed by atoms with Gasteiger partial charge in [0, 0.05) is 5.56 Å². The Bertz CT molecular complexity index is 564. The van der Waals surface area contributed by atoms with Crippen molar-refractivity contribution in [2.75, 3.05) is 0 Å². The van der Waals surface area contributed by atoms with Crippen LogP contribution >= 0.6 is 0 Å². The largest absolute Gasteiger partial charge is 0.489 e. The molecular formula is C16H17FO2. The minimum absolute atomic E-state index is 0.376. The summed E-state index contributed by atoms with van der Waals surface area (Å²) in [6, 6.07) is 12.1. The highest BCUT2D eigenvalue weighted by Crippen LogP contribution is 2.27. The van der Waals surface area contributed by atoms with Crippen LogP contribution in [0.15, 0.2) is 42.5 Å². The molecule has 0 amide bonds. The first-order valence-electron chi connectivity index (χ1n) is 6.22. The van der Waals surface area contributed by atoms with Gasteiger partial charge in [0.15, 0.2) is 0 Å². The van der Waals surface area contributed by atoms with Crippen LogP contribution in [0.5, 0.6) is 5.75 Å². The minimum atomic E-state index is -0.762. The highest BCUT2D eigenvalue weighted by Gasteiger charge is 2.11. The minimum Gasteiger partial charge on any atom is -0.489 e. The van der Waals surface area contributed by atoms with E-state index in [1.807, 2.05) is 31.2 Å². The second-order valence-corrected chi connectivity index (χ2v) is 4.57. The van der Waals surface area contributed by atoms with Gasteiger partial charge < -0.3 is 9.84 Å². The van der Waals surface area contributed by atoms with Gasteiger partial charge >= 0.3 is 0 Å². The van der Waals surface area contributed by atoms with Gasteiger partial charge in [0.05, 0.1) is 6.10 Å². The summed E-state index contributed by atoms with van der Waals surface area (Å²) in [6.45, 7) is 4.01. The molecule has 0 spiro atoms. The maximum absolute atomic E-state index is 13.2. The fraction of sp³-hybridized carbons (Fsp3) is 0.250.